The molecule has 176 valence electrons. The molecule has 1 saturated heterocycles. The Kier molecular flexibility index (Phi) is 7.43. The van der Waals surface area contributed by atoms with Gasteiger partial charge in [0.25, 0.3) is 0 Å². The third-order valence-corrected chi connectivity index (χ3v) is 6.69. The van der Waals surface area contributed by atoms with Crippen molar-refractivity contribution in [3.8, 4) is 0 Å². The number of hydrogen-bond donors (Lipinski definition) is 6. The minimum Gasteiger partial charge on any atom is -0.394 e. The summed E-state index contributed by atoms with van der Waals surface area (Å²) in [5, 5.41) is 62.0. The minimum absolute atomic E-state index is 0.101. The van der Waals surface area contributed by atoms with Gasteiger partial charge in [-0.3, -0.25) is 4.79 Å². The molecule has 0 aromatic heterocycles. The largest absolute Gasteiger partial charge is 0.394 e. The van der Waals surface area contributed by atoms with Gasteiger partial charge < -0.3 is 40.1 Å². The number of ketones is 1. The molecule has 2 rings (SSSR count). The first kappa shape index (κ1) is 25.6. The zero-order valence-corrected chi connectivity index (χ0v) is 18.6. The number of aliphatic hydroxyl groups is 6. The third-order valence-electron chi connectivity index (χ3n) is 6.69. The first-order valence-corrected chi connectivity index (χ1v) is 10.5. The molecule has 0 unspecified atom stereocenters. The Morgan fingerprint density at radius 1 is 1.03 bits per heavy atom. The van der Waals surface area contributed by atoms with Crippen LogP contribution >= 0.6 is 0 Å². The Hall–Kier alpha value is -0.650. The van der Waals surface area contributed by atoms with Crippen molar-refractivity contribution in [2.75, 3.05) is 6.61 Å². The molecule has 0 aromatic rings. The number of ether oxygens (including phenoxy) is 2. The fourth-order valence-corrected chi connectivity index (χ4v) is 4.91. The van der Waals surface area contributed by atoms with E-state index in [1.54, 1.807) is 27.7 Å². The highest BCUT2D eigenvalue weighted by Crippen LogP contribution is 2.52. The van der Waals surface area contributed by atoms with E-state index in [-0.39, 0.29) is 12.3 Å². The standard InChI is InChI=1S/C21H38O9/c1-10(2)7-8-21(28)16(26)19(3,4)18(20(5,6)17(21)27)30-15-14(25)13(24)12(23)11(9-22)29-15/h10-16,18,22-26,28H,7-9H2,1-6H3/t11-,12-,13+,14-,15+,16+,18-,21+/m1/s1. The number of Topliss-reactive ketones (excluding diaryl/α,β-unsaturated/α-hetero) is 1. The van der Waals surface area contributed by atoms with E-state index in [9.17, 15) is 35.4 Å². The highest BCUT2D eigenvalue weighted by molar-refractivity contribution is 5.94. The highest BCUT2D eigenvalue weighted by atomic mass is 16.7. The topological polar surface area (TPSA) is 157 Å². The van der Waals surface area contributed by atoms with Crippen LogP contribution in [0.25, 0.3) is 0 Å². The van der Waals surface area contributed by atoms with Crippen molar-refractivity contribution in [1.29, 1.82) is 0 Å². The second kappa shape index (κ2) is 8.71. The molecule has 1 aliphatic heterocycles. The summed E-state index contributed by atoms with van der Waals surface area (Å²) in [5.74, 6) is -0.347. The van der Waals surface area contributed by atoms with Gasteiger partial charge in [0.05, 0.1) is 24.2 Å². The number of aliphatic hydroxyl groups excluding tert-OH is 5. The molecule has 6 N–H and O–H groups in total. The highest BCUT2D eigenvalue weighted by Gasteiger charge is 2.66. The molecule has 9 nitrogen and oxygen atoms in total. The molecule has 0 bridgehead atoms. The van der Waals surface area contributed by atoms with Crippen molar-refractivity contribution in [2.24, 2.45) is 16.7 Å². The molecule has 30 heavy (non-hydrogen) atoms. The average molecular weight is 435 g/mol. The Bertz CT molecular complexity index is 618. The van der Waals surface area contributed by atoms with Crippen LogP contribution in [0.15, 0.2) is 0 Å². The van der Waals surface area contributed by atoms with Crippen molar-refractivity contribution < 1.29 is 44.9 Å². The van der Waals surface area contributed by atoms with Gasteiger partial charge in [0.15, 0.2) is 12.1 Å². The maximum atomic E-state index is 13.3. The Labute approximate surface area is 177 Å². The van der Waals surface area contributed by atoms with E-state index in [1.807, 2.05) is 13.8 Å². The summed E-state index contributed by atoms with van der Waals surface area (Å²) in [6.07, 6.45) is -9.22. The molecule has 1 aliphatic carbocycles. The summed E-state index contributed by atoms with van der Waals surface area (Å²) < 4.78 is 11.4. The lowest BCUT2D eigenvalue weighted by atomic mass is 9.54. The van der Waals surface area contributed by atoms with Crippen LogP contribution in [-0.2, 0) is 14.3 Å². The molecular weight excluding hydrogens is 396 g/mol. The fraction of sp³-hybridized carbons (Fsp3) is 0.952. The Balaban J connectivity index is 2.36. The lowest BCUT2D eigenvalue weighted by molar-refractivity contribution is -0.338. The Morgan fingerprint density at radius 3 is 2.10 bits per heavy atom. The molecule has 0 radical (unpaired) electrons. The van der Waals surface area contributed by atoms with E-state index >= 15 is 0 Å². The number of hydrogen-bond acceptors (Lipinski definition) is 9. The van der Waals surface area contributed by atoms with E-state index in [0.29, 0.717) is 6.42 Å². The van der Waals surface area contributed by atoms with E-state index in [4.69, 9.17) is 9.47 Å². The van der Waals surface area contributed by atoms with Crippen LogP contribution in [-0.4, -0.2) is 91.5 Å². The van der Waals surface area contributed by atoms with Gasteiger partial charge in [-0.2, -0.15) is 0 Å². The Morgan fingerprint density at radius 2 is 1.60 bits per heavy atom. The number of rotatable bonds is 6. The van der Waals surface area contributed by atoms with Gasteiger partial charge in [-0.15, -0.1) is 0 Å². The first-order valence-electron chi connectivity index (χ1n) is 10.5. The van der Waals surface area contributed by atoms with Crippen LogP contribution in [0, 0.1) is 16.7 Å². The molecule has 0 amide bonds. The average Bonchev–Trinajstić information content (AvgIpc) is 2.67. The molecule has 0 aromatic carbocycles. The van der Waals surface area contributed by atoms with Crippen molar-refractivity contribution in [3.05, 3.63) is 0 Å². The van der Waals surface area contributed by atoms with Gasteiger partial charge in [-0.05, 0) is 18.8 Å². The molecule has 2 aliphatic rings. The van der Waals surface area contributed by atoms with Crippen LogP contribution in [0.1, 0.15) is 54.4 Å². The quantitative estimate of drug-likeness (QED) is 0.319. The third kappa shape index (κ3) is 4.19. The molecule has 9 heteroatoms. The first-order chi connectivity index (χ1) is 13.6. The molecular formula is C21H38O9. The van der Waals surface area contributed by atoms with Gasteiger partial charge in [0, 0.05) is 5.41 Å². The molecule has 0 spiro atoms. The van der Waals surface area contributed by atoms with Crippen molar-refractivity contribution in [3.63, 3.8) is 0 Å². The van der Waals surface area contributed by atoms with Crippen molar-refractivity contribution in [2.45, 2.75) is 103 Å². The lowest BCUT2D eigenvalue weighted by Gasteiger charge is -2.57. The molecule has 1 heterocycles. The van der Waals surface area contributed by atoms with E-state index in [0.717, 1.165) is 0 Å². The zero-order valence-electron chi connectivity index (χ0n) is 18.6. The van der Waals surface area contributed by atoms with Gasteiger partial charge in [0.1, 0.15) is 30.0 Å². The lowest BCUT2D eigenvalue weighted by Crippen LogP contribution is -2.72. The smallest absolute Gasteiger partial charge is 0.187 e. The van der Waals surface area contributed by atoms with Gasteiger partial charge >= 0.3 is 0 Å². The van der Waals surface area contributed by atoms with E-state index < -0.39 is 71.7 Å². The summed E-state index contributed by atoms with van der Waals surface area (Å²) >= 11 is 0. The predicted molar refractivity (Wildman–Crippen MR) is 106 cm³/mol. The van der Waals surface area contributed by atoms with Crippen LogP contribution in [0.2, 0.25) is 0 Å². The van der Waals surface area contributed by atoms with E-state index in [1.165, 1.54) is 0 Å². The SMILES string of the molecule is CC(C)CC[C@@]1(O)C(=O)C(C)(C)[C@H](O[C@@H]2O[C@H](CO)[C@@H](O)[C@H](O)[C@H]2O)C(C)(C)[C@@H]1O. The van der Waals surface area contributed by atoms with E-state index in [2.05, 4.69) is 0 Å². The molecule has 8 atom stereocenters. The normalized spacial score (nSPS) is 43.8. The van der Waals surface area contributed by atoms with Crippen molar-refractivity contribution >= 4 is 5.78 Å². The zero-order chi connectivity index (χ0) is 23.2. The van der Waals surface area contributed by atoms with Crippen LogP contribution in [0.3, 0.4) is 0 Å². The summed E-state index contributed by atoms with van der Waals surface area (Å²) in [6, 6.07) is 0. The summed E-state index contributed by atoms with van der Waals surface area (Å²) in [7, 11) is 0. The second-order valence-corrected chi connectivity index (χ2v) is 10.3. The maximum Gasteiger partial charge on any atom is 0.187 e. The minimum atomic E-state index is -1.95. The predicted octanol–water partition coefficient (Wildman–Crippen LogP) is -0.665. The monoisotopic (exact) mass is 434 g/mol. The maximum absolute atomic E-state index is 13.3. The van der Waals surface area contributed by atoms with Gasteiger partial charge in [-0.1, -0.05) is 41.5 Å². The number of carbonyl (C=O) groups is 1. The fourth-order valence-electron chi connectivity index (χ4n) is 4.91. The summed E-state index contributed by atoms with van der Waals surface area (Å²) in [5.41, 5.74) is -4.36. The number of carbonyl (C=O) groups excluding carboxylic acids is 1. The van der Waals surface area contributed by atoms with Gasteiger partial charge in [-0.25, -0.2) is 0 Å². The van der Waals surface area contributed by atoms with Crippen LogP contribution in [0.4, 0.5) is 0 Å². The second-order valence-electron chi connectivity index (χ2n) is 10.3. The summed E-state index contributed by atoms with van der Waals surface area (Å²) in [6.45, 7) is 9.81. The summed E-state index contributed by atoms with van der Waals surface area (Å²) in [4.78, 5) is 13.3. The van der Waals surface area contributed by atoms with Gasteiger partial charge in [0.2, 0.25) is 0 Å². The van der Waals surface area contributed by atoms with Crippen LogP contribution in [0.5, 0.6) is 0 Å². The van der Waals surface area contributed by atoms with Crippen molar-refractivity contribution in [1.82, 2.24) is 0 Å². The van der Waals surface area contributed by atoms with Crippen LogP contribution < -0.4 is 0 Å². The molecule has 1 saturated carbocycles. The molecule has 2 fully saturated rings.